The highest BCUT2D eigenvalue weighted by atomic mass is 32.2. The molecule has 0 N–H and O–H groups in total. The normalized spacial score (nSPS) is 17.5. The SMILES string of the molecule is C1=NCc2nnc(N3CCSCC3)n2-c2ccccc21. The Morgan fingerprint density at radius 2 is 1.90 bits per heavy atom. The van der Waals surface area contributed by atoms with Crippen molar-refractivity contribution in [1.82, 2.24) is 14.8 Å². The number of rotatable bonds is 1. The van der Waals surface area contributed by atoms with E-state index in [2.05, 4.69) is 42.9 Å². The smallest absolute Gasteiger partial charge is 0.232 e. The lowest BCUT2D eigenvalue weighted by Crippen LogP contribution is -2.34. The van der Waals surface area contributed by atoms with E-state index in [0.717, 1.165) is 47.6 Å². The molecular formula is C14H15N5S. The predicted octanol–water partition coefficient (Wildman–Crippen LogP) is 1.75. The minimum atomic E-state index is 0.588. The van der Waals surface area contributed by atoms with Gasteiger partial charge in [0.1, 0.15) is 0 Å². The van der Waals surface area contributed by atoms with E-state index in [0.29, 0.717) is 6.54 Å². The fraction of sp³-hybridized carbons (Fsp3) is 0.357. The molecule has 1 saturated heterocycles. The highest BCUT2D eigenvalue weighted by molar-refractivity contribution is 7.99. The molecule has 5 nitrogen and oxygen atoms in total. The summed E-state index contributed by atoms with van der Waals surface area (Å²) < 4.78 is 2.16. The summed E-state index contributed by atoms with van der Waals surface area (Å²) in [4.78, 5) is 6.77. The van der Waals surface area contributed by atoms with Crippen LogP contribution in [0.1, 0.15) is 11.4 Å². The molecule has 6 heteroatoms. The van der Waals surface area contributed by atoms with Gasteiger partial charge in [-0.3, -0.25) is 9.56 Å². The van der Waals surface area contributed by atoms with Gasteiger partial charge < -0.3 is 4.90 Å². The zero-order valence-electron chi connectivity index (χ0n) is 11.1. The van der Waals surface area contributed by atoms with E-state index < -0.39 is 0 Å². The zero-order chi connectivity index (χ0) is 13.4. The number of fused-ring (bicyclic) bond motifs is 3. The molecule has 2 aliphatic heterocycles. The minimum absolute atomic E-state index is 0.588. The first kappa shape index (κ1) is 12.0. The fourth-order valence-corrected chi connectivity index (χ4v) is 3.55. The van der Waals surface area contributed by atoms with E-state index >= 15 is 0 Å². The summed E-state index contributed by atoms with van der Waals surface area (Å²) in [6, 6.07) is 8.29. The van der Waals surface area contributed by atoms with Crippen molar-refractivity contribution >= 4 is 23.9 Å². The average molecular weight is 285 g/mol. The van der Waals surface area contributed by atoms with E-state index in [1.54, 1.807) is 0 Å². The average Bonchev–Trinajstić information content (AvgIpc) is 2.84. The number of para-hydroxylation sites is 1. The largest absolute Gasteiger partial charge is 0.339 e. The van der Waals surface area contributed by atoms with Gasteiger partial charge in [-0.05, 0) is 6.07 Å². The summed E-state index contributed by atoms with van der Waals surface area (Å²) >= 11 is 2.00. The molecular weight excluding hydrogens is 270 g/mol. The number of hydrogen-bond donors (Lipinski definition) is 0. The van der Waals surface area contributed by atoms with Crippen molar-refractivity contribution in [2.24, 2.45) is 4.99 Å². The first-order valence-corrected chi connectivity index (χ1v) is 7.95. The van der Waals surface area contributed by atoms with Crippen LogP contribution >= 0.6 is 11.8 Å². The Morgan fingerprint density at radius 1 is 1.05 bits per heavy atom. The molecule has 2 aliphatic rings. The maximum absolute atomic E-state index is 4.44. The van der Waals surface area contributed by atoms with Crippen LogP contribution in [-0.4, -0.2) is 45.6 Å². The van der Waals surface area contributed by atoms with Gasteiger partial charge in [0.25, 0.3) is 0 Å². The van der Waals surface area contributed by atoms with Crippen molar-refractivity contribution in [3.8, 4) is 5.69 Å². The standard InChI is InChI=1S/C14H15N5S/c1-2-4-12-11(3-1)9-15-10-13-16-17-14(19(12)13)18-5-7-20-8-6-18/h1-4,9H,5-8,10H2. The predicted molar refractivity (Wildman–Crippen MR) is 82.2 cm³/mol. The molecule has 2 aromatic rings. The molecule has 0 bridgehead atoms. The monoisotopic (exact) mass is 285 g/mol. The van der Waals surface area contributed by atoms with Crippen molar-refractivity contribution in [1.29, 1.82) is 0 Å². The Morgan fingerprint density at radius 3 is 2.80 bits per heavy atom. The zero-order valence-corrected chi connectivity index (χ0v) is 11.9. The van der Waals surface area contributed by atoms with Crippen LogP contribution in [0.4, 0.5) is 5.95 Å². The van der Waals surface area contributed by atoms with E-state index in [9.17, 15) is 0 Å². The Bertz CT molecular complexity index is 657. The Hall–Kier alpha value is -1.82. The first-order chi connectivity index (χ1) is 9.93. The molecule has 102 valence electrons. The van der Waals surface area contributed by atoms with Gasteiger partial charge in [-0.1, -0.05) is 18.2 Å². The molecule has 0 aliphatic carbocycles. The van der Waals surface area contributed by atoms with Crippen LogP contribution < -0.4 is 4.90 Å². The molecule has 0 unspecified atom stereocenters. The molecule has 4 rings (SSSR count). The number of aromatic nitrogens is 3. The van der Waals surface area contributed by atoms with Crippen LogP contribution in [0.2, 0.25) is 0 Å². The summed E-state index contributed by atoms with van der Waals surface area (Å²) in [5, 5.41) is 8.76. The lowest BCUT2D eigenvalue weighted by Gasteiger charge is -2.27. The van der Waals surface area contributed by atoms with Gasteiger partial charge in [-0.25, -0.2) is 0 Å². The van der Waals surface area contributed by atoms with E-state index in [-0.39, 0.29) is 0 Å². The minimum Gasteiger partial charge on any atom is -0.339 e. The van der Waals surface area contributed by atoms with Gasteiger partial charge in [0.15, 0.2) is 5.82 Å². The van der Waals surface area contributed by atoms with E-state index in [1.165, 1.54) is 0 Å². The highest BCUT2D eigenvalue weighted by Gasteiger charge is 2.23. The molecule has 1 aromatic heterocycles. The molecule has 0 radical (unpaired) electrons. The Labute approximate surface area is 121 Å². The van der Waals surface area contributed by atoms with Crippen molar-refractivity contribution < 1.29 is 0 Å². The van der Waals surface area contributed by atoms with E-state index in [1.807, 2.05) is 24.0 Å². The second kappa shape index (κ2) is 4.94. The molecule has 0 amide bonds. The maximum Gasteiger partial charge on any atom is 0.232 e. The van der Waals surface area contributed by atoms with Gasteiger partial charge in [0.2, 0.25) is 5.95 Å². The Balaban J connectivity index is 1.86. The fourth-order valence-electron chi connectivity index (χ4n) is 2.65. The lowest BCUT2D eigenvalue weighted by atomic mass is 10.2. The Kier molecular flexibility index (Phi) is 2.95. The molecule has 0 atom stereocenters. The summed E-state index contributed by atoms with van der Waals surface area (Å²) in [5.74, 6) is 4.18. The number of anilines is 1. The second-order valence-electron chi connectivity index (χ2n) is 4.88. The van der Waals surface area contributed by atoms with Gasteiger partial charge in [0.05, 0.1) is 12.2 Å². The third kappa shape index (κ3) is 1.91. The van der Waals surface area contributed by atoms with Crippen LogP contribution in [0.5, 0.6) is 0 Å². The molecule has 1 fully saturated rings. The number of benzene rings is 1. The number of thioether (sulfide) groups is 1. The summed E-state index contributed by atoms with van der Waals surface area (Å²) in [6.45, 7) is 2.65. The number of aliphatic imine (C=N–C) groups is 1. The topological polar surface area (TPSA) is 46.3 Å². The molecule has 0 spiro atoms. The van der Waals surface area contributed by atoms with Crippen LogP contribution in [0.15, 0.2) is 29.3 Å². The van der Waals surface area contributed by atoms with Crippen molar-refractivity contribution in [3.05, 3.63) is 35.7 Å². The van der Waals surface area contributed by atoms with Crippen LogP contribution in [-0.2, 0) is 6.54 Å². The van der Waals surface area contributed by atoms with Gasteiger partial charge in [-0.2, -0.15) is 11.8 Å². The number of hydrogen-bond acceptors (Lipinski definition) is 5. The van der Waals surface area contributed by atoms with Gasteiger partial charge >= 0.3 is 0 Å². The second-order valence-corrected chi connectivity index (χ2v) is 6.10. The summed E-state index contributed by atoms with van der Waals surface area (Å²) in [5.41, 5.74) is 2.25. The quantitative estimate of drug-likeness (QED) is 0.801. The molecule has 20 heavy (non-hydrogen) atoms. The summed E-state index contributed by atoms with van der Waals surface area (Å²) in [6.07, 6.45) is 1.93. The van der Waals surface area contributed by atoms with Crippen LogP contribution in [0.25, 0.3) is 5.69 Å². The van der Waals surface area contributed by atoms with Crippen molar-refractivity contribution in [3.63, 3.8) is 0 Å². The van der Waals surface area contributed by atoms with Crippen molar-refractivity contribution in [2.45, 2.75) is 6.54 Å². The third-order valence-corrected chi connectivity index (χ3v) is 4.59. The van der Waals surface area contributed by atoms with Crippen molar-refractivity contribution in [2.75, 3.05) is 29.5 Å². The molecule has 3 heterocycles. The van der Waals surface area contributed by atoms with Gasteiger partial charge in [-0.15, -0.1) is 10.2 Å². The number of nitrogens with zero attached hydrogens (tertiary/aromatic N) is 5. The third-order valence-electron chi connectivity index (χ3n) is 3.65. The lowest BCUT2D eigenvalue weighted by molar-refractivity contribution is 0.791. The van der Waals surface area contributed by atoms with Gasteiger partial charge in [0, 0.05) is 36.4 Å². The van der Waals surface area contributed by atoms with E-state index in [4.69, 9.17) is 0 Å². The first-order valence-electron chi connectivity index (χ1n) is 6.80. The van der Waals surface area contributed by atoms with Crippen LogP contribution in [0, 0.1) is 0 Å². The molecule has 0 saturated carbocycles. The van der Waals surface area contributed by atoms with Crippen LogP contribution in [0.3, 0.4) is 0 Å². The summed E-state index contributed by atoms with van der Waals surface area (Å²) in [7, 11) is 0. The highest BCUT2D eigenvalue weighted by Crippen LogP contribution is 2.26. The maximum atomic E-state index is 4.44. The molecule has 1 aromatic carbocycles.